The summed E-state index contributed by atoms with van der Waals surface area (Å²) in [5, 5.41) is 17.7. The van der Waals surface area contributed by atoms with Gasteiger partial charge in [0.15, 0.2) is 0 Å². The fourth-order valence-corrected chi connectivity index (χ4v) is 3.86. The summed E-state index contributed by atoms with van der Waals surface area (Å²) in [6.07, 6.45) is 1.56. The van der Waals surface area contributed by atoms with Gasteiger partial charge in [-0.05, 0) is 36.2 Å². The molecule has 1 aromatic carbocycles. The summed E-state index contributed by atoms with van der Waals surface area (Å²) in [7, 11) is 0. The van der Waals surface area contributed by atoms with Gasteiger partial charge in [-0.3, -0.25) is 14.4 Å². The van der Waals surface area contributed by atoms with E-state index in [1.54, 1.807) is 6.92 Å². The largest absolute Gasteiger partial charge is 0.480 e. The van der Waals surface area contributed by atoms with Crippen molar-refractivity contribution in [3.8, 4) is 0 Å². The number of rotatable bonds is 15. The van der Waals surface area contributed by atoms with Crippen LogP contribution in [0.2, 0.25) is 0 Å². The number of hydrogen-bond donors (Lipinski definition) is 5. The second kappa shape index (κ2) is 15.2. The van der Waals surface area contributed by atoms with Crippen LogP contribution in [0.25, 0.3) is 0 Å². The van der Waals surface area contributed by atoms with E-state index in [9.17, 15) is 24.3 Å². The highest BCUT2D eigenvalue weighted by Gasteiger charge is 2.32. The minimum Gasteiger partial charge on any atom is -0.480 e. The van der Waals surface area contributed by atoms with E-state index >= 15 is 0 Å². The van der Waals surface area contributed by atoms with Crippen molar-refractivity contribution in [1.82, 2.24) is 16.0 Å². The Bertz CT molecular complexity index is 859. The number of carboxylic acids is 1. The summed E-state index contributed by atoms with van der Waals surface area (Å²) in [6, 6.07) is 5.49. The van der Waals surface area contributed by atoms with Crippen LogP contribution in [-0.4, -0.2) is 53.0 Å². The van der Waals surface area contributed by atoms with Crippen LogP contribution >= 0.6 is 0 Å². The van der Waals surface area contributed by atoms with Gasteiger partial charge in [-0.15, -0.1) is 0 Å². The Labute approximate surface area is 215 Å². The van der Waals surface area contributed by atoms with Crippen molar-refractivity contribution < 1.29 is 24.3 Å². The molecule has 5 unspecified atom stereocenters. The molecule has 9 nitrogen and oxygen atoms in total. The van der Waals surface area contributed by atoms with Gasteiger partial charge >= 0.3 is 5.97 Å². The molecule has 0 radical (unpaired) electrons. The zero-order valence-corrected chi connectivity index (χ0v) is 22.4. The van der Waals surface area contributed by atoms with Crippen molar-refractivity contribution in [3.05, 3.63) is 35.9 Å². The Balaban J connectivity index is 3.12. The highest BCUT2D eigenvalue weighted by atomic mass is 16.4. The summed E-state index contributed by atoms with van der Waals surface area (Å²) in [5.74, 6) is -2.68. The van der Waals surface area contributed by atoms with E-state index in [1.807, 2.05) is 65.0 Å². The molecule has 0 bridgehead atoms. The molecule has 6 N–H and O–H groups in total. The third-order valence-corrected chi connectivity index (χ3v) is 6.09. The van der Waals surface area contributed by atoms with Crippen molar-refractivity contribution in [2.75, 3.05) is 0 Å². The van der Waals surface area contributed by atoms with E-state index in [-0.39, 0.29) is 24.2 Å². The third-order valence-electron chi connectivity index (χ3n) is 6.09. The highest BCUT2D eigenvalue weighted by molar-refractivity contribution is 5.94. The molecule has 0 aliphatic rings. The zero-order valence-electron chi connectivity index (χ0n) is 22.4. The Morgan fingerprint density at radius 2 is 1.33 bits per heavy atom. The number of nitrogens with one attached hydrogen (secondary N) is 3. The summed E-state index contributed by atoms with van der Waals surface area (Å²) >= 11 is 0. The molecule has 1 rings (SSSR count). The van der Waals surface area contributed by atoms with E-state index in [0.717, 1.165) is 5.56 Å². The minimum atomic E-state index is -1.12. The van der Waals surface area contributed by atoms with Crippen LogP contribution in [0, 0.1) is 17.8 Å². The number of hydrogen-bond acceptors (Lipinski definition) is 5. The summed E-state index contributed by atoms with van der Waals surface area (Å²) in [6.45, 7) is 11.3. The fraction of sp³-hybridized carbons (Fsp3) is 0.630. The predicted molar refractivity (Wildman–Crippen MR) is 140 cm³/mol. The van der Waals surface area contributed by atoms with E-state index in [0.29, 0.717) is 19.3 Å². The first-order chi connectivity index (χ1) is 16.8. The number of amides is 3. The predicted octanol–water partition coefficient (Wildman–Crippen LogP) is 2.23. The molecule has 0 saturated heterocycles. The Morgan fingerprint density at radius 1 is 0.806 bits per heavy atom. The molecule has 0 aliphatic heterocycles. The van der Waals surface area contributed by atoms with Crippen molar-refractivity contribution in [3.63, 3.8) is 0 Å². The smallest absolute Gasteiger partial charge is 0.326 e. The van der Waals surface area contributed by atoms with E-state index in [2.05, 4.69) is 16.0 Å². The molecular formula is C27H44N4O5. The lowest BCUT2D eigenvalue weighted by Crippen LogP contribution is -2.58. The van der Waals surface area contributed by atoms with Crippen molar-refractivity contribution in [2.24, 2.45) is 23.5 Å². The van der Waals surface area contributed by atoms with Gasteiger partial charge < -0.3 is 26.8 Å². The van der Waals surface area contributed by atoms with E-state index < -0.39 is 47.9 Å². The number of nitrogens with two attached hydrogens (primary N) is 1. The van der Waals surface area contributed by atoms with Gasteiger partial charge in [0, 0.05) is 6.42 Å². The second-order valence-electron chi connectivity index (χ2n) is 10.4. The topological polar surface area (TPSA) is 151 Å². The molecule has 0 heterocycles. The number of carbonyl (C=O) groups excluding carboxylic acids is 3. The van der Waals surface area contributed by atoms with Gasteiger partial charge in [-0.2, -0.15) is 0 Å². The van der Waals surface area contributed by atoms with Gasteiger partial charge in [0.05, 0.1) is 6.04 Å². The monoisotopic (exact) mass is 504 g/mol. The maximum Gasteiger partial charge on any atom is 0.326 e. The van der Waals surface area contributed by atoms with Crippen LogP contribution in [0.15, 0.2) is 30.3 Å². The highest BCUT2D eigenvalue weighted by Crippen LogP contribution is 2.12. The summed E-state index contributed by atoms with van der Waals surface area (Å²) < 4.78 is 0. The van der Waals surface area contributed by atoms with Crippen LogP contribution in [0.4, 0.5) is 0 Å². The fourth-order valence-electron chi connectivity index (χ4n) is 3.86. The number of carboxylic acid groups (broad SMARTS) is 1. The van der Waals surface area contributed by atoms with Crippen molar-refractivity contribution in [1.29, 1.82) is 0 Å². The molecule has 1 aromatic rings. The number of benzene rings is 1. The van der Waals surface area contributed by atoms with Crippen LogP contribution in [0.3, 0.4) is 0 Å². The minimum absolute atomic E-state index is 0.0505. The van der Waals surface area contributed by atoms with Crippen LogP contribution in [-0.2, 0) is 25.6 Å². The molecule has 0 aromatic heterocycles. The molecule has 0 fully saturated rings. The molecule has 3 amide bonds. The van der Waals surface area contributed by atoms with E-state index in [1.165, 1.54) is 0 Å². The Hall–Kier alpha value is -2.94. The normalized spacial score (nSPS) is 15.5. The van der Waals surface area contributed by atoms with E-state index in [4.69, 9.17) is 5.73 Å². The van der Waals surface area contributed by atoms with Gasteiger partial charge in [0.25, 0.3) is 0 Å². The first-order valence-corrected chi connectivity index (χ1v) is 12.8. The van der Waals surface area contributed by atoms with Gasteiger partial charge in [-0.25, -0.2) is 4.79 Å². The standard InChI is InChI=1S/C27H44N4O5/c1-7-18(6)23(27(35)36)31-26(34)21(14-17(4)5)30-25(33)22(15-19-11-9-8-10-12-19)29-24(32)20(28)13-16(2)3/h8-12,16-18,20-23H,7,13-15,28H2,1-6H3,(H,29,32)(H,30,33)(H,31,34)(H,35,36). The molecule has 5 atom stereocenters. The quantitative estimate of drug-likeness (QED) is 0.247. The third kappa shape index (κ3) is 10.8. The van der Waals surface area contributed by atoms with Crippen LogP contribution in [0.5, 0.6) is 0 Å². The lowest BCUT2D eigenvalue weighted by atomic mass is 9.97. The maximum absolute atomic E-state index is 13.4. The van der Waals surface area contributed by atoms with Gasteiger partial charge in [0.2, 0.25) is 17.7 Å². The molecule has 202 valence electrons. The first kappa shape index (κ1) is 31.1. The van der Waals surface area contributed by atoms with Crippen LogP contribution in [0.1, 0.15) is 66.4 Å². The lowest BCUT2D eigenvalue weighted by Gasteiger charge is -2.27. The number of aliphatic carboxylic acids is 1. The summed E-state index contributed by atoms with van der Waals surface area (Å²) in [4.78, 5) is 50.9. The zero-order chi connectivity index (χ0) is 27.4. The van der Waals surface area contributed by atoms with Crippen LogP contribution < -0.4 is 21.7 Å². The molecule has 36 heavy (non-hydrogen) atoms. The van der Waals surface area contributed by atoms with Gasteiger partial charge in [0.1, 0.15) is 18.1 Å². The Kier molecular flexibility index (Phi) is 13.2. The molecule has 9 heteroatoms. The van der Waals surface area contributed by atoms with Gasteiger partial charge in [-0.1, -0.05) is 78.3 Å². The molecule has 0 aliphatic carbocycles. The molecule has 0 spiro atoms. The number of carbonyl (C=O) groups is 4. The summed E-state index contributed by atoms with van der Waals surface area (Å²) in [5.41, 5.74) is 6.87. The average molecular weight is 505 g/mol. The van der Waals surface area contributed by atoms with Crippen molar-refractivity contribution in [2.45, 2.75) is 91.4 Å². The molecular weight excluding hydrogens is 460 g/mol. The Morgan fingerprint density at radius 3 is 1.83 bits per heavy atom. The molecule has 0 saturated carbocycles. The SMILES string of the molecule is CCC(C)C(NC(=O)C(CC(C)C)NC(=O)C(Cc1ccccc1)NC(=O)C(N)CC(C)C)C(=O)O. The first-order valence-electron chi connectivity index (χ1n) is 12.8. The lowest BCUT2D eigenvalue weighted by molar-refractivity contribution is -0.144. The second-order valence-corrected chi connectivity index (χ2v) is 10.4. The average Bonchev–Trinajstić information content (AvgIpc) is 2.80. The van der Waals surface area contributed by atoms with Crippen molar-refractivity contribution >= 4 is 23.7 Å². The maximum atomic E-state index is 13.4.